The van der Waals surface area contributed by atoms with Crippen molar-refractivity contribution in [3.63, 3.8) is 0 Å². The molecule has 2 N–H and O–H groups in total. The number of benzene rings is 2. The van der Waals surface area contributed by atoms with Crippen LogP contribution in [0.15, 0.2) is 36.4 Å². The number of aromatic nitrogens is 2. The zero-order valence-electron chi connectivity index (χ0n) is 20.0. The van der Waals surface area contributed by atoms with Gasteiger partial charge in [-0.2, -0.15) is 0 Å². The van der Waals surface area contributed by atoms with Crippen LogP contribution in [0.5, 0.6) is 0 Å². The molecule has 1 aliphatic carbocycles. The second kappa shape index (κ2) is 9.66. The first-order valence-corrected chi connectivity index (χ1v) is 12.8. The van der Waals surface area contributed by atoms with Crippen molar-refractivity contribution >= 4 is 29.0 Å². The highest BCUT2D eigenvalue weighted by Crippen LogP contribution is 2.51. The molecule has 0 amide bonds. The van der Waals surface area contributed by atoms with Gasteiger partial charge >= 0.3 is 0 Å². The van der Waals surface area contributed by atoms with Gasteiger partial charge in [0.25, 0.3) is 0 Å². The summed E-state index contributed by atoms with van der Waals surface area (Å²) in [5.74, 6) is 0.677. The van der Waals surface area contributed by atoms with E-state index in [9.17, 15) is 4.39 Å². The Bertz CT molecular complexity index is 1260. The van der Waals surface area contributed by atoms with E-state index in [1.165, 1.54) is 6.07 Å². The molecule has 5 rings (SSSR count). The molecule has 1 aromatic heterocycles. The summed E-state index contributed by atoms with van der Waals surface area (Å²) < 4.78 is 20.2. The predicted octanol–water partition coefficient (Wildman–Crippen LogP) is 6.28. The maximum atomic E-state index is 14.5. The lowest BCUT2D eigenvalue weighted by Crippen LogP contribution is -2.45. The van der Waals surface area contributed by atoms with Crippen molar-refractivity contribution in [2.45, 2.75) is 45.8 Å². The van der Waals surface area contributed by atoms with Gasteiger partial charge in [0.05, 0.1) is 28.0 Å². The quantitative estimate of drug-likeness (QED) is 0.434. The maximum absolute atomic E-state index is 14.5. The van der Waals surface area contributed by atoms with Gasteiger partial charge in [0.1, 0.15) is 11.5 Å². The number of hydrogen-bond acceptors (Lipinski definition) is 5. The Hall–Kier alpha value is -2.25. The molecule has 5 nitrogen and oxygen atoms in total. The molecular formula is C27H29Cl2FN4O. The molecule has 0 saturated carbocycles. The van der Waals surface area contributed by atoms with Crippen LogP contribution in [0.2, 0.25) is 10.0 Å². The van der Waals surface area contributed by atoms with E-state index < -0.39 is 0 Å². The molecule has 35 heavy (non-hydrogen) atoms. The lowest BCUT2D eigenvalue weighted by molar-refractivity contribution is 0.131. The first kappa shape index (κ1) is 24.4. The molecule has 8 heteroatoms. The number of nitrogens with zero attached hydrogens (tertiary/aromatic N) is 3. The lowest BCUT2D eigenvalue weighted by atomic mass is 9.73. The first-order valence-electron chi connectivity index (χ1n) is 12.0. The van der Waals surface area contributed by atoms with Crippen LogP contribution >= 0.6 is 23.2 Å². The molecule has 1 saturated heterocycles. The molecule has 1 atom stereocenters. The second-order valence-corrected chi connectivity index (χ2v) is 10.3. The van der Waals surface area contributed by atoms with E-state index in [4.69, 9.17) is 43.6 Å². The highest BCUT2D eigenvalue weighted by molar-refractivity contribution is 6.43. The van der Waals surface area contributed by atoms with Crippen molar-refractivity contribution in [2.24, 2.45) is 11.1 Å². The fourth-order valence-corrected chi connectivity index (χ4v) is 5.92. The minimum atomic E-state index is -0.154. The summed E-state index contributed by atoms with van der Waals surface area (Å²) >= 11 is 12.8. The summed E-state index contributed by atoms with van der Waals surface area (Å²) in [7, 11) is 0. The van der Waals surface area contributed by atoms with E-state index in [1.807, 2.05) is 32.0 Å². The Morgan fingerprint density at radius 3 is 2.60 bits per heavy atom. The number of hydrogen-bond donors (Lipinski definition) is 1. The summed E-state index contributed by atoms with van der Waals surface area (Å²) in [6.45, 7) is 6.36. The minimum Gasteiger partial charge on any atom is -0.375 e. The minimum absolute atomic E-state index is 0.127. The van der Waals surface area contributed by atoms with Crippen molar-refractivity contribution in [1.29, 1.82) is 0 Å². The number of piperidine rings is 1. The van der Waals surface area contributed by atoms with E-state index in [0.717, 1.165) is 59.8 Å². The van der Waals surface area contributed by atoms with Crippen LogP contribution in [-0.2, 0) is 17.8 Å². The topological polar surface area (TPSA) is 64.3 Å². The highest BCUT2D eigenvalue weighted by atomic mass is 35.5. The van der Waals surface area contributed by atoms with Crippen molar-refractivity contribution in [2.75, 3.05) is 24.6 Å². The molecule has 0 unspecified atom stereocenters. The van der Waals surface area contributed by atoms with Gasteiger partial charge in [-0.05, 0) is 61.8 Å². The van der Waals surface area contributed by atoms with Crippen LogP contribution in [0.3, 0.4) is 0 Å². The average Bonchev–Trinajstić information content (AvgIpc) is 3.13. The molecular weight excluding hydrogens is 486 g/mol. The van der Waals surface area contributed by atoms with Crippen LogP contribution < -0.4 is 10.6 Å². The van der Waals surface area contributed by atoms with Gasteiger partial charge in [0.15, 0.2) is 5.82 Å². The SMILES string of the molecule is CCOCc1nc(-c2cccc(Cl)c2Cl)c(C)nc1N1CCC2(CC1)Cc1c(F)cccc1[C@H]2N. The zero-order chi connectivity index (χ0) is 24.7. The predicted molar refractivity (Wildman–Crippen MR) is 138 cm³/mol. The third-order valence-electron chi connectivity index (χ3n) is 7.51. The Balaban J connectivity index is 1.44. The van der Waals surface area contributed by atoms with E-state index in [-0.39, 0.29) is 17.3 Å². The van der Waals surface area contributed by atoms with Gasteiger partial charge in [0, 0.05) is 31.3 Å². The Kier molecular flexibility index (Phi) is 6.75. The van der Waals surface area contributed by atoms with Gasteiger partial charge in [-0.25, -0.2) is 14.4 Å². The van der Waals surface area contributed by atoms with E-state index in [1.54, 1.807) is 12.1 Å². The fourth-order valence-electron chi connectivity index (χ4n) is 5.53. The Morgan fingerprint density at radius 2 is 1.89 bits per heavy atom. The summed E-state index contributed by atoms with van der Waals surface area (Å²) in [6, 6.07) is 10.6. The summed E-state index contributed by atoms with van der Waals surface area (Å²) in [5.41, 5.74) is 11.3. The monoisotopic (exact) mass is 514 g/mol. The molecule has 184 valence electrons. The largest absolute Gasteiger partial charge is 0.375 e. The van der Waals surface area contributed by atoms with Crippen molar-refractivity contribution < 1.29 is 9.13 Å². The number of ether oxygens (including phenoxy) is 1. The van der Waals surface area contributed by atoms with Crippen LogP contribution in [-0.4, -0.2) is 29.7 Å². The average molecular weight is 515 g/mol. The molecule has 0 bridgehead atoms. The summed E-state index contributed by atoms with van der Waals surface area (Å²) in [6.07, 6.45) is 2.41. The van der Waals surface area contributed by atoms with Gasteiger partial charge in [0.2, 0.25) is 0 Å². The van der Waals surface area contributed by atoms with Crippen LogP contribution in [0.25, 0.3) is 11.3 Å². The molecule has 3 aromatic rings. The highest BCUT2D eigenvalue weighted by Gasteiger charge is 2.47. The van der Waals surface area contributed by atoms with Crippen LogP contribution in [0, 0.1) is 18.2 Å². The number of halogens is 3. The van der Waals surface area contributed by atoms with Crippen LogP contribution in [0.1, 0.15) is 48.3 Å². The standard InChI is InChI=1S/C27H29Cl2FN4O/c1-3-35-15-22-26(32-16(2)24(33-22)18-7-4-8-20(28)23(18)29)34-12-10-27(11-13-34)14-19-17(25(27)31)6-5-9-21(19)30/h4-9,25H,3,10-15,31H2,1-2H3/t25-/m1/s1. The van der Waals surface area contributed by atoms with Gasteiger partial charge in [-0.3, -0.25) is 0 Å². The van der Waals surface area contributed by atoms with Gasteiger partial charge in [-0.15, -0.1) is 0 Å². The second-order valence-electron chi connectivity index (χ2n) is 9.48. The van der Waals surface area contributed by atoms with Crippen LogP contribution in [0.4, 0.5) is 10.2 Å². The Labute approximate surface area is 215 Å². The smallest absolute Gasteiger partial charge is 0.153 e. The van der Waals surface area contributed by atoms with Gasteiger partial charge < -0.3 is 15.4 Å². The number of anilines is 1. The molecule has 2 heterocycles. The van der Waals surface area contributed by atoms with E-state index in [0.29, 0.717) is 35.4 Å². The number of aryl methyl sites for hydroxylation is 1. The van der Waals surface area contributed by atoms with Crippen molar-refractivity contribution in [3.05, 3.63) is 74.8 Å². The fraction of sp³-hybridized carbons (Fsp3) is 0.407. The molecule has 1 fully saturated rings. The van der Waals surface area contributed by atoms with Crippen molar-refractivity contribution in [3.8, 4) is 11.3 Å². The number of fused-ring (bicyclic) bond motifs is 1. The molecule has 1 aliphatic heterocycles. The third-order valence-corrected chi connectivity index (χ3v) is 8.33. The zero-order valence-corrected chi connectivity index (χ0v) is 21.5. The summed E-state index contributed by atoms with van der Waals surface area (Å²) in [5, 5.41) is 0.941. The first-order chi connectivity index (χ1) is 16.8. The molecule has 0 radical (unpaired) electrons. The molecule has 1 spiro atoms. The van der Waals surface area contributed by atoms with Gasteiger partial charge in [-0.1, -0.05) is 47.5 Å². The lowest BCUT2D eigenvalue weighted by Gasteiger charge is -2.43. The Morgan fingerprint density at radius 1 is 1.14 bits per heavy atom. The molecule has 2 aliphatic rings. The number of rotatable bonds is 5. The maximum Gasteiger partial charge on any atom is 0.153 e. The normalized spacial score (nSPS) is 18.8. The van der Waals surface area contributed by atoms with E-state index in [2.05, 4.69) is 4.90 Å². The van der Waals surface area contributed by atoms with Crippen molar-refractivity contribution in [1.82, 2.24) is 9.97 Å². The third kappa shape index (κ3) is 4.31. The van der Waals surface area contributed by atoms with E-state index >= 15 is 0 Å². The number of nitrogens with two attached hydrogens (primary N) is 1. The molecule has 2 aromatic carbocycles. The summed E-state index contributed by atoms with van der Waals surface area (Å²) in [4.78, 5) is 12.2.